The minimum absolute atomic E-state index is 0.378. The number of aromatic nitrogens is 2. The molecule has 30 heavy (non-hydrogen) atoms. The van der Waals surface area contributed by atoms with Gasteiger partial charge in [-0.05, 0) is 56.3 Å². The Bertz CT molecular complexity index is 1200. The Hall–Kier alpha value is -3.87. The lowest BCUT2D eigenvalue weighted by atomic mass is 10.2. The summed E-state index contributed by atoms with van der Waals surface area (Å²) in [6.07, 6.45) is 3.31. The Balaban J connectivity index is 1.41. The highest BCUT2D eigenvalue weighted by atomic mass is 16.5. The Morgan fingerprint density at radius 2 is 2.00 bits per heavy atom. The average molecular weight is 403 g/mol. The topological polar surface area (TPSA) is 86.4 Å². The molecule has 4 aromatic rings. The maximum Gasteiger partial charge on any atom is 0.340 e. The van der Waals surface area contributed by atoms with Gasteiger partial charge in [-0.3, -0.25) is 9.78 Å². The van der Waals surface area contributed by atoms with E-state index in [0.717, 1.165) is 28.1 Å². The summed E-state index contributed by atoms with van der Waals surface area (Å²) in [5.41, 5.74) is 3.49. The second-order valence-electron chi connectivity index (χ2n) is 6.95. The van der Waals surface area contributed by atoms with Crippen molar-refractivity contribution in [3.05, 3.63) is 83.7 Å². The fraction of sp³-hybridized carbons (Fsp3) is 0.174. The number of hydrogen-bond donors (Lipinski definition) is 1. The first-order valence-electron chi connectivity index (χ1n) is 9.53. The summed E-state index contributed by atoms with van der Waals surface area (Å²) in [6.45, 7) is 3.90. The van der Waals surface area contributed by atoms with Gasteiger partial charge in [0.15, 0.2) is 6.61 Å². The van der Waals surface area contributed by atoms with Gasteiger partial charge < -0.3 is 19.0 Å². The molecular formula is C23H21N3O4. The van der Waals surface area contributed by atoms with E-state index in [1.807, 2.05) is 48.7 Å². The maximum atomic E-state index is 12.6. The van der Waals surface area contributed by atoms with Crippen LogP contribution in [0.1, 0.15) is 27.5 Å². The van der Waals surface area contributed by atoms with Gasteiger partial charge in [0, 0.05) is 23.0 Å². The molecule has 3 aromatic heterocycles. The number of hydrogen-bond acceptors (Lipinski definition) is 5. The van der Waals surface area contributed by atoms with Crippen molar-refractivity contribution >= 4 is 28.5 Å². The first-order chi connectivity index (χ1) is 14.5. The number of nitrogens with one attached hydrogen (secondary N) is 1. The summed E-state index contributed by atoms with van der Waals surface area (Å²) < 4.78 is 12.6. The Labute approximate surface area is 173 Å². The number of anilines is 1. The van der Waals surface area contributed by atoms with Crippen LogP contribution in [0.25, 0.3) is 10.9 Å². The van der Waals surface area contributed by atoms with Gasteiger partial charge in [-0.25, -0.2) is 4.79 Å². The van der Waals surface area contributed by atoms with Crippen molar-refractivity contribution in [2.24, 2.45) is 0 Å². The molecule has 0 spiro atoms. The van der Waals surface area contributed by atoms with Gasteiger partial charge in [0.2, 0.25) is 0 Å². The van der Waals surface area contributed by atoms with Gasteiger partial charge >= 0.3 is 5.97 Å². The van der Waals surface area contributed by atoms with Crippen molar-refractivity contribution in [1.29, 1.82) is 0 Å². The van der Waals surface area contributed by atoms with Crippen LogP contribution in [-0.4, -0.2) is 28.0 Å². The van der Waals surface area contributed by atoms with E-state index in [1.165, 1.54) is 0 Å². The molecule has 3 heterocycles. The van der Waals surface area contributed by atoms with Crippen molar-refractivity contribution in [3.63, 3.8) is 0 Å². The van der Waals surface area contributed by atoms with Gasteiger partial charge in [-0.1, -0.05) is 6.07 Å². The van der Waals surface area contributed by atoms with E-state index in [1.54, 1.807) is 30.7 Å². The summed E-state index contributed by atoms with van der Waals surface area (Å²) in [7, 11) is 0. The Morgan fingerprint density at radius 1 is 1.13 bits per heavy atom. The summed E-state index contributed by atoms with van der Waals surface area (Å²) in [5.74, 6) is -0.159. The minimum atomic E-state index is -0.538. The third-order valence-corrected chi connectivity index (χ3v) is 4.94. The van der Waals surface area contributed by atoms with Crippen LogP contribution in [-0.2, 0) is 16.1 Å². The summed E-state index contributed by atoms with van der Waals surface area (Å²) >= 11 is 0. The minimum Gasteiger partial charge on any atom is -0.467 e. The fourth-order valence-electron chi connectivity index (χ4n) is 3.42. The van der Waals surface area contributed by atoms with Crippen molar-refractivity contribution in [1.82, 2.24) is 9.55 Å². The van der Waals surface area contributed by atoms with Crippen molar-refractivity contribution in [2.45, 2.75) is 20.4 Å². The lowest BCUT2D eigenvalue weighted by Gasteiger charge is -2.10. The van der Waals surface area contributed by atoms with Crippen LogP contribution in [0.4, 0.5) is 5.69 Å². The number of aryl methyl sites for hydroxylation is 1. The summed E-state index contributed by atoms with van der Waals surface area (Å²) in [4.78, 5) is 29.2. The summed E-state index contributed by atoms with van der Waals surface area (Å²) in [6, 6.07) is 14.6. The van der Waals surface area contributed by atoms with Gasteiger partial charge in [-0.2, -0.15) is 0 Å². The zero-order valence-corrected chi connectivity index (χ0v) is 16.7. The Kier molecular flexibility index (Phi) is 5.34. The molecule has 0 fully saturated rings. The molecular weight excluding hydrogens is 382 g/mol. The number of furan rings is 1. The van der Waals surface area contributed by atoms with E-state index in [4.69, 9.17) is 9.15 Å². The molecule has 1 amide bonds. The molecule has 7 nitrogen and oxygen atoms in total. The quantitative estimate of drug-likeness (QED) is 0.490. The maximum absolute atomic E-state index is 12.6. The van der Waals surface area contributed by atoms with Gasteiger partial charge in [0.25, 0.3) is 5.91 Å². The molecule has 0 aliphatic rings. The van der Waals surface area contributed by atoms with Crippen LogP contribution in [0.2, 0.25) is 0 Å². The molecule has 152 valence electrons. The van der Waals surface area contributed by atoms with Crippen molar-refractivity contribution < 1.29 is 18.7 Å². The van der Waals surface area contributed by atoms with Gasteiger partial charge in [-0.15, -0.1) is 0 Å². The number of amides is 1. The number of pyridine rings is 1. The van der Waals surface area contributed by atoms with Crippen molar-refractivity contribution in [2.75, 3.05) is 11.9 Å². The van der Waals surface area contributed by atoms with Crippen LogP contribution < -0.4 is 5.32 Å². The smallest absolute Gasteiger partial charge is 0.340 e. The number of esters is 1. The second-order valence-corrected chi connectivity index (χ2v) is 6.95. The molecule has 7 heteroatoms. The molecule has 0 saturated carbocycles. The number of fused-ring (bicyclic) bond motifs is 1. The molecule has 0 radical (unpaired) electrons. The lowest BCUT2D eigenvalue weighted by Crippen LogP contribution is -2.21. The molecule has 4 rings (SSSR count). The SMILES string of the molecule is Cc1cc(C(=O)OCC(=O)Nc2cccc3ncccc23)c(C)n1Cc1ccco1. The molecule has 0 aliphatic heterocycles. The van der Waals surface area contributed by atoms with Crippen LogP contribution in [0, 0.1) is 13.8 Å². The van der Waals surface area contributed by atoms with Gasteiger partial charge in [0.1, 0.15) is 5.76 Å². The Morgan fingerprint density at radius 3 is 2.80 bits per heavy atom. The van der Waals surface area contributed by atoms with E-state index in [2.05, 4.69) is 10.3 Å². The van der Waals surface area contributed by atoms with Crippen molar-refractivity contribution in [3.8, 4) is 0 Å². The molecule has 0 unspecified atom stereocenters. The largest absolute Gasteiger partial charge is 0.467 e. The molecule has 1 N–H and O–H groups in total. The van der Waals surface area contributed by atoms with Crippen LogP contribution in [0.5, 0.6) is 0 Å². The highest BCUT2D eigenvalue weighted by Gasteiger charge is 2.19. The van der Waals surface area contributed by atoms with Crippen LogP contribution in [0.3, 0.4) is 0 Å². The third-order valence-electron chi connectivity index (χ3n) is 4.94. The normalized spacial score (nSPS) is 10.9. The fourth-order valence-corrected chi connectivity index (χ4v) is 3.42. The first-order valence-corrected chi connectivity index (χ1v) is 9.53. The van der Waals surface area contributed by atoms with Crippen LogP contribution >= 0.6 is 0 Å². The van der Waals surface area contributed by atoms with E-state index < -0.39 is 11.9 Å². The lowest BCUT2D eigenvalue weighted by molar-refractivity contribution is -0.119. The van der Waals surface area contributed by atoms with E-state index in [9.17, 15) is 9.59 Å². The number of nitrogens with zero attached hydrogens (tertiary/aromatic N) is 2. The monoisotopic (exact) mass is 403 g/mol. The number of ether oxygens (including phenoxy) is 1. The highest BCUT2D eigenvalue weighted by Crippen LogP contribution is 2.21. The summed E-state index contributed by atoms with van der Waals surface area (Å²) in [5, 5.41) is 3.60. The molecule has 1 aromatic carbocycles. The van der Waals surface area contributed by atoms with E-state index in [0.29, 0.717) is 17.8 Å². The molecule has 0 bridgehead atoms. The third kappa shape index (κ3) is 3.96. The van der Waals surface area contributed by atoms with Gasteiger partial charge in [0.05, 0.1) is 29.6 Å². The van der Waals surface area contributed by atoms with Crippen LogP contribution in [0.15, 0.2) is 65.4 Å². The highest BCUT2D eigenvalue weighted by molar-refractivity contribution is 6.02. The number of benzene rings is 1. The first kappa shape index (κ1) is 19.4. The number of rotatable bonds is 6. The molecule has 0 saturated heterocycles. The molecule has 0 atom stereocenters. The standard InChI is InChI=1S/C23H21N3O4/c1-15-12-19(16(2)26(15)13-17-6-5-11-29-17)23(28)30-14-22(27)25-21-9-3-8-20-18(21)7-4-10-24-20/h3-12H,13-14H2,1-2H3,(H,25,27). The predicted octanol–water partition coefficient (Wildman–Crippen LogP) is 4.09. The number of carbonyl (C=O) groups excluding carboxylic acids is 2. The zero-order valence-electron chi connectivity index (χ0n) is 16.7. The zero-order chi connectivity index (χ0) is 21.1. The second kappa shape index (κ2) is 8.24. The average Bonchev–Trinajstić information content (AvgIpc) is 3.36. The van der Waals surface area contributed by atoms with E-state index >= 15 is 0 Å². The number of carbonyl (C=O) groups is 2. The van der Waals surface area contributed by atoms with E-state index in [-0.39, 0.29) is 6.61 Å². The predicted molar refractivity (Wildman–Crippen MR) is 112 cm³/mol. The molecule has 0 aliphatic carbocycles.